The van der Waals surface area contributed by atoms with Gasteiger partial charge >= 0.3 is 0 Å². The Labute approximate surface area is 115 Å². The van der Waals surface area contributed by atoms with Crippen molar-refractivity contribution in [1.29, 1.82) is 0 Å². The molecule has 3 heteroatoms. The monoisotopic (exact) mass is 267 g/mol. The van der Waals surface area contributed by atoms with Gasteiger partial charge in [0.1, 0.15) is 0 Å². The highest BCUT2D eigenvalue weighted by molar-refractivity contribution is 7.12. The summed E-state index contributed by atoms with van der Waals surface area (Å²) in [4.78, 5) is 14.5. The second kappa shape index (κ2) is 6.93. The highest BCUT2D eigenvalue weighted by atomic mass is 32.1. The third-order valence-electron chi connectivity index (χ3n) is 3.17. The van der Waals surface area contributed by atoms with Crippen molar-refractivity contribution < 1.29 is 4.79 Å². The summed E-state index contributed by atoms with van der Waals surface area (Å²) in [6.45, 7) is 11.5. The third-order valence-corrected chi connectivity index (χ3v) is 4.68. The molecular formula is C15H25NOS. The van der Waals surface area contributed by atoms with Crippen molar-refractivity contribution in [3.05, 3.63) is 21.9 Å². The number of nitrogens with one attached hydrogen (secondary N) is 1. The van der Waals surface area contributed by atoms with Crippen LogP contribution in [0.1, 0.15) is 62.6 Å². The Morgan fingerprint density at radius 2 is 1.83 bits per heavy atom. The molecule has 0 radical (unpaired) electrons. The first kappa shape index (κ1) is 15.2. The van der Waals surface area contributed by atoms with Gasteiger partial charge in [-0.05, 0) is 30.9 Å². The first-order chi connectivity index (χ1) is 8.45. The predicted molar refractivity (Wildman–Crippen MR) is 79.3 cm³/mol. The van der Waals surface area contributed by atoms with E-state index < -0.39 is 0 Å². The van der Waals surface area contributed by atoms with E-state index in [1.165, 1.54) is 9.75 Å². The van der Waals surface area contributed by atoms with Crippen molar-refractivity contribution in [3.8, 4) is 0 Å². The molecule has 0 spiro atoms. The molecule has 0 saturated heterocycles. The molecule has 1 amide bonds. The van der Waals surface area contributed by atoms with Gasteiger partial charge in [-0.25, -0.2) is 0 Å². The highest BCUT2D eigenvalue weighted by Gasteiger charge is 2.21. The summed E-state index contributed by atoms with van der Waals surface area (Å²) in [7, 11) is 0. The zero-order valence-corrected chi connectivity index (χ0v) is 12.9. The molecule has 1 aromatic rings. The van der Waals surface area contributed by atoms with Crippen molar-refractivity contribution in [2.45, 2.75) is 52.9 Å². The van der Waals surface area contributed by atoms with Gasteiger partial charge in [0, 0.05) is 28.6 Å². The van der Waals surface area contributed by atoms with Crippen LogP contribution in [0.2, 0.25) is 0 Å². The molecule has 0 saturated carbocycles. The van der Waals surface area contributed by atoms with Gasteiger partial charge in [-0.1, -0.05) is 27.7 Å². The van der Waals surface area contributed by atoms with Gasteiger partial charge in [-0.15, -0.1) is 11.3 Å². The molecule has 0 aliphatic rings. The summed E-state index contributed by atoms with van der Waals surface area (Å²) >= 11 is 1.86. The van der Waals surface area contributed by atoms with E-state index in [1.54, 1.807) is 0 Å². The van der Waals surface area contributed by atoms with Crippen LogP contribution >= 0.6 is 11.3 Å². The van der Waals surface area contributed by atoms with Crippen LogP contribution in [0, 0.1) is 5.92 Å². The Kier molecular flexibility index (Phi) is 5.86. The Hall–Kier alpha value is -0.830. The van der Waals surface area contributed by atoms with Gasteiger partial charge in [0.05, 0.1) is 0 Å². The topological polar surface area (TPSA) is 29.1 Å². The summed E-state index contributed by atoms with van der Waals surface area (Å²) in [5.74, 6) is 1.57. The van der Waals surface area contributed by atoms with E-state index in [9.17, 15) is 4.79 Å². The van der Waals surface area contributed by atoms with Gasteiger partial charge in [-0.3, -0.25) is 4.79 Å². The Morgan fingerprint density at radius 3 is 2.28 bits per heavy atom. The van der Waals surface area contributed by atoms with Crippen molar-refractivity contribution in [3.63, 3.8) is 0 Å². The van der Waals surface area contributed by atoms with Crippen LogP contribution in [-0.4, -0.2) is 12.5 Å². The molecule has 18 heavy (non-hydrogen) atoms. The molecule has 0 fully saturated rings. The summed E-state index contributed by atoms with van der Waals surface area (Å²) < 4.78 is 0. The molecule has 1 heterocycles. The van der Waals surface area contributed by atoms with Crippen molar-refractivity contribution in [2.75, 3.05) is 6.54 Å². The second-order valence-electron chi connectivity index (χ2n) is 5.40. The summed E-state index contributed by atoms with van der Waals surface area (Å²) in [5.41, 5.74) is 0. The average molecular weight is 267 g/mol. The molecule has 1 unspecified atom stereocenters. The summed E-state index contributed by atoms with van der Waals surface area (Å²) in [6, 6.07) is 4.40. The first-order valence-corrected chi connectivity index (χ1v) is 7.63. The van der Waals surface area contributed by atoms with Crippen molar-refractivity contribution in [2.24, 2.45) is 5.92 Å². The fourth-order valence-electron chi connectivity index (χ4n) is 2.01. The molecule has 1 atom stereocenters. The van der Waals surface area contributed by atoms with Gasteiger partial charge in [0.2, 0.25) is 5.91 Å². The maximum Gasteiger partial charge on any atom is 0.220 e. The fraction of sp³-hybridized carbons (Fsp3) is 0.667. The molecule has 1 rings (SSSR count). The van der Waals surface area contributed by atoms with Crippen LogP contribution in [0.25, 0.3) is 0 Å². The Bertz CT molecular complexity index is 382. The number of carbonyl (C=O) groups excluding carboxylic acids is 1. The van der Waals surface area contributed by atoms with Crippen LogP contribution in [0.15, 0.2) is 12.1 Å². The molecule has 1 N–H and O–H groups in total. The number of hydrogen-bond donors (Lipinski definition) is 1. The lowest BCUT2D eigenvalue weighted by Crippen LogP contribution is -2.25. The normalized spacial score (nSPS) is 13.1. The van der Waals surface area contributed by atoms with Crippen LogP contribution in [0.4, 0.5) is 0 Å². The van der Waals surface area contributed by atoms with Gasteiger partial charge in [-0.2, -0.15) is 0 Å². The Morgan fingerprint density at radius 1 is 1.22 bits per heavy atom. The van der Waals surface area contributed by atoms with Gasteiger partial charge < -0.3 is 5.32 Å². The van der Waals surface area contributed by atoms with E-state index in [1.807, 2.05) is 18.3 Å². The van der Waals surface area contributed by atoms with E-state index in [0.29, 0.717) is 30.7 Å². The van der Waals surface area contributed by atoms with Gasteiger partial charge in [0.15, 0.2) is 0 Å². The highest BCUT2D eigenvalue weighted by Crippen LogP contribution is 2.35. The number of carbonyl (C=O) groups is 1. The van der Waals surface area contributed by atoms with Crippen LogP contribution in [-0.2, 0) is 4.79 Å². The van der Waals surface area contributed by atoms with E-state index in [0.717, 1.165) is 0 Å². The van der Waals surface area contributed by atoms with Crippen LogP contribution < -0.4 is 5.32 Å². The molecule has 0 aromatic carbocycles. The predicted octanol–water partition coefficient (Wildman–Crippen LogP) is 4.14. The van der Waals surface area contributed by atoms with Crippen molar-refractivity contribution in [1.82, 2.24) is 5.32 Å². The summed E-state index contributed by atoms with van der Waals surface area (Å²) in [6.07, 6.45) is 0.601. The minimum atomic E-state index is 0.163. The molecular weight excluding hydrogens is 242 g/mol. The molecule has 0 aliphatic carbocycles. The fourth-order valence-corrected chi connectivity index (χ4v) is 3.30. The Balaban J connectivity index is 2.80. The minimum absolute atomic E-state index is 0.163. The lowest BCUT2D eigenvalue weighted by Gasteiger charge is -2.19. The molecule has 0 aliphatic heterocycles. The maximum absolute atomic E-state index is 11.8. The molecule has 102 valence electrons. The van der Waals surface area contributed by atoms with E-state index >= 15 is 0 Å². The SMILES string of the molecule is CCNC(=O)CC(c1ccc(C(C)C)s1)C(C)C. The number of amides is 1. The average Bonchev–Trinajstić information content (AvgIpc) is 2.75. The largest absolute Gasteiger partial charge is 0.356 e. The smallest absolute Gasteiger partial charge is 0.220 e. The summed E-state index contributed by atoms with van der Waals surface area (Å²) in [5, 5.41) is 2.90. The lowest BCUT2D eigenvalue weighted by atomic mass is 9.90. The zero-order valence-electron chi connectivity index (χ0n) is 12.1. The standard InChI is InChI=1S/C15H25NOS/c1-6-16-15(17)9-12(10(2)3)14-8-7-13(18-14)11(4)5/h7-8,10-12H,6,9H2,1-5H3,(H,16,17). The van der Waals surface area contributed by atoms with Crippen LogP contribution in [0.3, 0.4) is 0 Å². The molecule has 0 bridgehead atoms. The quantitative estimate of drug-likeness (QED) is 0.824. The second-order valence-corrected chi connectivity index (χ2v) is 6.55. The van der Waals surface area contributed by atoms with Gasteiger partial charge in [0.25, 0.3) is 0 Å². The molecule has 2 nitrogen and oxygen atoms in total. The first-order valence-electron chi connectivity index (χ1n) is 6.82. The minimum Gasteiger partial charge on any atom is -0.356 e. The van der Waals surface area contributed by atoms with E-state index in [2.05, 4.69) is 45.1 Å². The van der Waals surface area contributed by atoms with Crippen molar-refractivity contribution >= 4 is 17.2 Å². The lowest BCUT2D eigenvalue weighted by molar-refractivity contribution is -0.121. The number of hydrogen-bond acceptors (Lipinski definition) is 2. The van der Waals surface area contributed by atoms with Crippen LogP contribution in [0.5, 0.6) is 0 Å². The molecule has 1 aromatic heterocycles. The zero-order chi connectivity index (χ0) is 13.7. The van der Waals surface area contributed by atoms with E-state index in [4.69, 9.17) is 0 Å². The maximum atomic E-state index is 11.8. The number of thiophene rings is 1. The number of rotatable bonds is 6. The van der Waals surface area contributed by atoms with E-state index in [-0.39, 0.29) is 5.91 Å². The third kappa shape index (κ3) is 4.13.